The van der Waals surface area contributed by atoms with Gasteiger partial charge in [0.05, 0.1) is 11.9 Å². The van der Waals surface area contributed by atoms with Crippen molar-refractivity contribution in [1.82, 2.24) is 10.2 Å². The molecule has 202 valence electrons. The summed E-state index contributed by atoms with van der Waals surface area (Å²) >= 11 is 6.09. The Hall–Kier alpha value is -3.43. The van der Waals surface area contributed by atoms with Gasteiger partial charge in [-0.05, 0) is 55.3 Å². The largest absolute Gasteiger partial charge is 0.352 e. The summed E-state index contributed by atoms with van der Waals surface area (Å²) in [4.78, 5) is 28.7. The maximum absolute atomic E-state index is 13.9. The van der Waals surface area contributed by atoms with E-state index in [1.54, 1.807) is 12.1 Å². The molecule has 0 spiro atoms. The molecule has 0 radical (unpaired) electrons. The SMILES string of the molecule is CC(C)NC(=O)[C@@H](Cc1ccccc1)N(Cc1ccc(F)cc1)C(=O)CN(c1cccc(Cl)c1)S(C)(=O)=O. The van der Waals surface area contributed by atoms with E-state index in [9.17, 15) is 22.4 Å². The van der Waals surface area contributed by atoms with Gasteiger partial charge in [0.25, 0.3) is 0 Å². The van der Waals surface area contributed by atoms with E-state index in [-0.39, 0.29) is 30.6 Å². The second kappa shape index (κ2) is 12.9. The fourth-order valence-electron chi connectivity index (χ4n) is 3.97. The standard InChI is InChI=1S/C28H31ClFN3O4S/c1-20(2)31-28(35)26(16-21-8-5-4-6-9-21)32(18-22-12-14-24(30)15-13-22)27(34)19-33(38(3,36)37)25-11-7-10-23(29)17-25/h4-15,17,20,26H,16,18-19H2,1-3H3,(H,31,35)/t26-/m1/s1. The summed E-state index contributed by atoms with van der Waals surface area (Å²) in [5.41, 5.74) is 1.63. The Labute approximate surface area is 228 Å². The lowest BCUT2D eigenvalue weighted by atomic mass is 10.0. The number of halogens is 2. The zero-order valence-electron chi connectivity index (χ0n) is 21.5. The van der Waals surface area contributed by atoms with E-state index in [1.165, 1.54) is 41.3 Å². The van der Waals surface area contributed by atoms with Crippen LogP contribution in [0.4, 0.5) is 10.1 Å². The second-order valence-electron chi connectivity index (χ2n) is 9.27. The molecular weight excluding hydrogens is 529 g/mol. The summed E-state index contributed by atoms with van der Waals surface area (Å²) in [7, 11) is -3.89. The quantitative estimate of drug-likeness (QED) is 0.377. The van der Waals surface area contributed by atoms with Gasteiger partial charge in [-0.3, -0.25) is 13.9 Å². The van der Waals surface area contributed by atoms with Crippen LogP contribution in [0, 0.1) is 5.82 Å². The zero-order valence-corrected chi connectivity index (χ0v) is 23.0. The van der Waals surface area contributed by atoms with Crippen LogP contribution >= 0.6 is 11.6 Å². The number of rotatable bonds is 11. The number of hydrogen-bond donors (Lipinski definition) is 1. The Bertz CT molecular complexity index is 1350. The van der Waals surface area contributed by atoms with Crippen LogP contribution in [-0.2, 0) is 32.6 Å². The molecule has 2 amide bonds. The molecule has 0 aliphatic carbocycles. The van der Waals surface area contributed by atoms with E-state index in [4.69, 9.17) is 11.6 Å². The average Bonchev–Trinajstić information content (AvgIpc) is 2.85. The number of hydrogen-bond acceptors (Lipinski definition) is 4. The smallest absolute Gasteiger partial charge is 0.244 e. The minimum absolute atomic E-state index is 0.0325. The molecule has 0 saturated heterocycles. The molecule has 10 heteroatoms. The van der Waals surface area contributed by atoms with Crippen LogP contribution < -0.4 is 9.62 Å². The van der Waals surface area contributed by atoms with Gasteiger partial charge in [-0.1, -0.05) is 60.1 Å². The molecule has 0 unspecified atom stereocenters. The third kappa shape index (κ3) is 8.29. The summed E-state index contributed by atoms with van der Waals surface area (Å²) in [5.74, 6) is -1.42. The molecule has 7 nitrogen and oxygen atoms in total. The van der Waals surface area contributed by atoms with Crippen LogP contribution in [0.2, 0.25) is 5.02 Å². The monoisotopic (exact) mass is 559 g/mol. The van der Waals surface area contributed by atoms with Crippen molar-refractivity contribution >= 4 is 39.1 Å². The van der Waals surface area contributed by atoms with Crippen LogP contribution in [-0.4, -0.2) is 50.0 Å². The molecule has 3 rings (SSSR count). The highest BCUT2D eigenvalue weighted by atomic mass is 35.5. The van der Waals surface area contributed by atoms with Crippen molar-refractivity contribution in [2.45, 2.75) is 38.9 Å². The summed E-state index contributed by atoms with van der Waals surface area (Å²) in [5, 5.41) is 3.18. The second-order valence-corrected chi connectivity index (χ2v) is 11.6. The maximum atomic E-state index is 13.9. The highest BCUT2D eigenvalue weighted by Gasteiger charge is 2.33. The van der Waals surface area contributed by atoms with E-state index >= 15 is 0 Å². The number of nitrogens with one attached hydrogen (secondary N) is 1. The van der Waals surface area contributed by atoms with Crippen molar-refractivity contribution in [2.75, 3.05) is 17.1 Å². The van der Waals surface area contributed by atoms with Gasteiger partial charge in [0, 0.05) is 24.0 Å². The molecule has 38 heavy (non-hydrogen) atoms. The summed E-state index contributed by atoms with van der Waals surface area (Å²) in [6.07, 6.45) is 1.20. The first kappa shape index (κ1) is 29.1. The van der Waals surface area contributed by atoms with Crippen molar-refractivity contribution in [3.8, 4) is 0 Å². The lowest BCUT2D eigenvalue weighted by molar-refractivity contribution is -0.140. The Morgan fingerprint density at radius 3 is 2.18 bits per heavy atom. The Morgan fingerprint density at radius 2 is 1.61 bits per heavy atom. The molecule has 1 atom stereocenters. The predicted octanol–water partition coefficient (Wildman–Crippen LogP) is 4.41. The summed E-state index contributed by atoms with van der Waals surface area (Å²) in [6, 6.07) is 19.9. The molecule has 0 aliphatic rings. The van der Waals surface area contributed by atoms with E-state index < -0.39 is 34.3 Å². The number of anilines is 1. The van der Waals surface area contributed by atoms with Crippen molar-refractivity contribution in [3.05, 3.63) is 101 Å². The van der Waals surface area contributed by atoms with E-state index in [0.29, 0.717) is 10.6 Å². The number of amides is 2. The minimum atomic E-state index is -3.89. The molecule has 0 saturated carbocycles. The minimum Gasteiger partial charge on any atom is -0.352 e. The first-order chi connectivity index (χ1) is 17.9. The van der Waals surface area contributed by atoms with Crippen LogP contribution in [0.3, 0.4) is 0 Å². The van der Waals surface area contributed by atoms with Gasteiger partial charge in [-0.15, -0.1) is 0 Å². The van der Waals surface area contributed by atoms with Crippen molar-refractivity contribution < 1.29 is 22.4 Å². The van der Waals surface area contributed by atoms with E-state index in [1.807, 2.05) is 44.2 Å². The molecule has 1 N–H and O–H groups in total. The fourth-order valence-corrected chi connectivity index (χ4v) is 4.99. The Balaban J connectivity index is 2.05. The number of benzene rings is 3. The Morgan fingerprint density at radius 1 is 0.947 bits per heavy atom. The average molecular weight is 560 g/mol. The topological polar surface area (TPSA) is 86.8 Å². The van der Waals surface area contributed by atoms with E-state index in [2.05, 4.69) is 5.32 Å². The predicted molar refractivity (Wildman–Crippen MR) is 148 cm³/mol. The van der Waals surface area contributed by atoms with Crippen molar-refractivity contribution in [1.29, 1.82) is 0 Å². The van der Waals surface area contributed by atoms with Crippen LogP contribution in [0.1, 0.15) is 25.0 Å². The van der Waals surface area contributed by atoms with Gasteiger partial charge in [0.2, 0.25) is 21.8 Å². The molecular formula is C28H31ClFN3O4S. The number of carbonyl (C=O) groups excluding carboxylic acids is 2. The molecule has 3 aromatic carbocycles. The number of carbonyl (C=O) groups is 2. The van der Waals surface area contributed by atoms with Gasteiger partial charge in [0.1, 0.15) is 18.4 Å². The first-order valence-corrected chi connectivity index (χ1v) is 14.3. The fraction of sp³-hybridized carbons (Fsp3) is 0.286. The van der Waals surface area contributed by atoms with Crippen LogP contribution in [0.15, 0.2) is 78.9 Å². The van der Waals surface area contributed by atoms with Gasteiger partial charge in [-0.25, -0.2) is 12.8 Å². The highest BCUT2D eigenvalue weighted by molar-refractivity contribution is 7.92. The van der Waals surface area contributed by atoms with Crippen LogP contribution in [0.5, 0.6) is 0 Å². The maximum Gasteiger partial charge on any atom is 0.244 e. The van der Waals surface area contributed by atoms with Gasteiger partial charge >= 0.3 is 0 Å². The molecule has 0 aromatic heterocycles. The molecule has 0 bridgehead atoms. The third-order valence-electron chi connectivity index (χ3n) is 5.74. The van der Waals surface area contributed by atoms with Gasteiger partial charge < -0.3 is 10.2 Å². The number of sulfonamides is 1. The Kier molecular flexibility index (Phi) is 9.88. The third-order valence-corrected chi connectivity index (χ3v) is 7.12. The molecule has 0 heterocycles. The van der Waals surface area contributed by atoms with Crippen molar-refractivity contribution in [3.63, 3.8) is 0 Å². The first-order valence-electron chi connectivity index (χ1n) is 12.1. The van der Waals surface area contributed by atoms with Crippen LogP contribution in [0.25, 0.3) is 0 Å². The number of nitrogens with zero attached hydrogens (tertiary/aromatic N) is 2. The lowest BCUT2D eigenvalue weighted by Crippen LogP contribution is -2.54. The van der Waals surface area contributed by atoms with Crippen molar-refractivity contribution in [2.24, 2.45) is 0 Å². The lowest BCUT2D eigenvalue weighted by Gasteiger charge is -2.34. The highest BCUT2D eigenvalue weighted by Crippen LogP contribution is 2.23. The van der Waals surface area contributed by atoms with E-state index in [0.717, 1.165) is 16.1 Å². The summed E-state index contributed by atoms with van der Waals surface area (Å²) < 4.78 is 40.0. The molecule has 0 fully saturated rings. The van der Waals surface area contributed by atoms with Gasteiger partial charge in [0.15, 0.2) is 0 Å². The molecule has 0 aliphatic heterocycles. The van der Waals surface area contributed by atoms with Gasteiger partial charge in [-0.2, -0.15) is 0 Å². The molecule has 3 aromatic rings. The normalized spacial score (nSPS) is 12.2. The zero-order chi connectivity index (χ0) is 27.9. The summed E-state index contributed by atoms with van der Waals surface area (Å²) in [6.45, 7) is 3.04.